The molecule has 1 fully saturated rings. The van der Waals surface area contributed by atoms with E-state index in [0.29, 0.717) is 19.4 Å². The largest absolute Gasteiger partial charge is 0.342 e. The van der Waals surface area contributed by atoms with Crippen LogP contribution in [0.3, 0.4) is 0 Å². The molecule has 7 heteroatoms. The fourth-order valence-corrected chi connectivity index (χ4v) is 4.50. The van der Waals surface area contributed by atoms with Gasteiger partial charge in [0.1, 0.15) is 0 Å². The van der Waals surface area contributed by atoms with Gasteiger partial charge in [-0.2, -0.15) is 0 Å². The van der Waals surface area contributed by atoms with Crippen molar-refractivity contribution in [1.82, 2.24) is 14.8 Å². The lowest BCUT2D eigenvalue weighted by atomic mass is 10.2. The van der Waals surface area contributed by atoms with Crippen LogP contribution in [0.5, 0.6) is 0 Å². The van der Waals surface area contributed by atoms with Gasteiger partial charge >= 0.3 is 0 Å². The van der Waals surface area contributed by atoms with E-state index >= 15 is 0 Å². The molecule has 1 unspecified atom stereocenters. The maximum absolute atomic E-state index is 12.2. The Balaban J connectivity index is 1.71. The van der Waals surface area contributed by atoms with Gasteiger partial charge in [-0.25, -0.2) is 8.42 Å². The fourth-order valence-electron chi connectivity index (χ4n) is 2.73. The molecule has 1 aromatic heterocycles. The molecule has 0 N–H and O–H groups in total. The van der Waals surface area contributed by atoms with E-state index in [1.54, 1.807) is 24.3 Å². The van der Waals surface area contributed by atoms with Crippen LogP contribution in [0.4, 0.5) is 0 Å². The van der Waals surface area contributed by atoms with Crippen molar-refractivity contribution in [3.05, 3.63) is 30.1 Å². The van der Waals surface area contributed by atoms with Gasteiger partial charge in [0.2, 0.25) is 5.91 Å². The van der Waals surface area contributed by atoms with Crippen molar-refractivity contribution in [2.24, 2.45) is 0 Å². The van der Waals surface area contributed by atoms with Crippen molar-refractivity contribution in [3.63, 3.8) is 0 Å². The van der Waals surface area contributed by atoms with Gasteiger partial charge in [-0.05, 0) is 37.6 Å². The van der Waals surface area contributed by atoms with Crippen LogP contribution in [0.1, 0.15) is 18.4 Å². The van der Waals surface area contributed by atoms with Gasteiger partial charge in [-0.15, -0.1) is 0 Å². The van der Waals surface area contributed by atoms with Crippen LogP contribution in [0.2, 0.25) is 0 Å². The molecule has 128 valence electrons. The van der Waals surface area contributed by atoms with Crippen LogP contribution in [-0.4, -0.2) is 73.8 Å². The monoisotopic (exact) mass is 339 g/mol. The van der Waals surface area contributed by atoms with Crippen molar-refractivity contribution in [3.8, 4) is 0 Å². The zero-order valence-corrected chi connectivity index (χ0v) is 14.6. The molecular formula is C16H25N3O3S. The standard InChI is InChI=1S/C16H25N3O3S/c1-18(10-5-14-3-8-17-9-4-14)11-6-16(20)19(2)15-7-12-23(21,22)13-15/h3-4,8-9,15H,5-7,10-13H2,1-2H3. The molecule has 0 bridgehead atoms. The van der Waals surface area contributed by atoms with Crippen LogP contribution in [0.25, 0.3) is 0 Å². The van der Waals surface area contributed by atoms with E-state index in [1.165, 1.54) is 5.56 Å². The summed E-state index contributed by atoms with van der Waals surface area (Å²) >= 11 is 0. The quantitative estimate of drug-likeness (QED) is 0.727. The Bertz CT molecular complexity index is 619. The molecule has 1 aromatic rings. The van der Waals surface area contributed by atoms with Crippen LogP contribution in [0.15, 0.2) is 24.5 Å². The van der Waals surface area contributed by atoms with Crippen molar-refractivity contribution >= 4 is 15.7 Å². The molecule has 6 nitrogen and oxygen atoms in total. The number of carbonyl (C=O) groups excluding carboxylic acids is 1. The number of carbonyl (C=O) groups is 1. The average Bonchev–Trinajstić information content (AvgIpc) is 2.90. The van der Waals surface area contributed by atoms with Gasteiger partial charge in [0, 0.05) is 45.0 Å². The van der Waals surface area contributed by atoms with E-state index in [4.69, 9.17) is 0 Å². The van der Waals surface area contributed by atoms with Gasteiger partial charge in [0.25, 0.3) is 0 Å². The average molecular weight is 339 g/mol. The lowest BCUT2D eigenvalue weighted by Gasteiger charge is -2.25. The number of hydrogen-bond acceptors (Lipinski definition) is 5. The first-order valence-corrected chi connectivity index (χ1v) is 9.73. The molecule has 0 saturated carbocycles. The molecule has 1 aliphatic rings. The normalized spacial score (nSPS) is 19.9. The second-order valence-corrected chi connectivity index (χ2v) is 8.45. The summed E-state index contributed by atoms with van der Waals surface area (Å²) in [6, 6.07) is 3.83. The molecule has 1 amide bonds. The van der Waals surface area contributed by atoms with Crippen LogP contribution < -0.4 is 0 Å². The maximum atomic E-state index is 12.2. The minimum absolute atomic E-state index is 0.0165. The van der Waals surface area contributed by atoms with E-state index < -0.39 is 9.84 Å². The number of aromatic nitrogens is 1. The third-order valence-electron chi connectivity index (χ3n) is 4.39. The van der Waals surface area contributed by atoms with Gasteiger partial charge in [-0.1, -0.05) is 0 Å². The zero-order valence-electron chi connectivity index (χ0n) is 13.8. The number of nitrogens with zero attached hydrogens (tertiary/aromatic N) is 3. The molecule has 0 aromatic carbocycles. The Labute approximate surface area is 138 Å². The van der Waals surface area contributed by atoms with Crippen LogP contribution in [-0.2, 0) is 21.1 Å². The van der Waals surface area contributed by atoms with E-state index in [9.17, 15) is 13.2 Å². The third kappa shape index (κ3) is 5.58. The number of rotatable bonds is 7. The first-order valence-electron chi connectivity index (χ1n) is 7.91. The summed E-state index contributed by atoms with van der Waals surface area (Å²) < 4.78 is 23.0. The fraction of sp³-hybridized carbons (Fsp3) is 0.625. The number of amides is 1. The van der Waals surface area contributed by atoms with Gasteiger partial charge < -0.3 is 9.80 Å². The number of pyridine rings is 1. The highest BCUT2D eigenvalue weighted by Gasteiger charge is 2.32. The van der Waals surface area contributed by atoms with Crippen LogP contribution >= 0.6 is 0 Å². The molecule has 1 atom stereocenters. The second-order valence-electron chi connectivity index (χ2n) is 6.22. The molecule has 0 aliphatic carbocycles. The van der Waals surface area contributed by atoms with Crippen molar-refractivity contribution in [2.75, 3.05) is 38.7 Å². The first kappa shape index (κ1) is 17.9. The summed E-state index contributed by atoms with van der Waals surface area (Å²) in [7, 11) is 0.754. The minimum atomic E-state index is -2.95. The summed E-state index contributed by atoms with van der Waals surface area (Å²) in [6.07, 6.45) is 5.46. The summed E-state index contributed by atoms with van der Waals surface area (Å²) in [5.74, 6) is 0.316. The van der Waals surface area contributed by atoms with Gasteiger partial charge in [-0.3, -0.25) is 9.78 Å². The highest BCUT2D eigenvalue weighted by molar-refractivity contribution is 7.91. The third-order valence-corrected chi connectivity index (χ3v) is 6.14. The molecule has 23 heavy (non-hydrogen) atoms. The molecule has 1 aliphatic heterocycles. The Morgan fingerprint density at radius 2 is 1.96 bits per heavy atom. The lowest BCUT2D eigenvalue weighted by Crippen LogP contribution is -2.39. The Hall–Kier alpha value is -1.47. The summed E-state index contributed by atoms with van der Waals surface area (Å²) in [6.45, 7) is 1.55. The van der Waals surface area contributed by atoms with E-state index in [0.717, 1.165) is 13.0 Å². The van der Waals surface area contributed by atoms with Crippen molar-refractivity contribution < 1.29 is 13.2 Å². The van der Waals surface area contributed by atoms with Crippen molar-refractivity contribution in [1.29, 1.82) is 0 Å². The van der Waals surface area contributed by atoms with Gasteiger partial charge in [0.05, 0.1) is 11.5 Å². The summed E-state index contributed by atoms with van der Waals surface area (Å²) in [4.78, 5) is 19.9. The molecule has 2 heterocycles. The Morgan fingerprint density at radius 1 is 1.26 bits per heavy atom. The van der Waals surface area contributed by atoms with E-state index in [2.05, 4.69) is 9.88 Å². The molecule has 0 radical (unpaired) electrons. The van der Waals surface area contributed by atoms with E-state index in [-0.39, 0.29) is 23.5 Å². The lowest BCUT2D eigenvalue weighted by molar-refractivity contribution is -0.131. The molecule has 2 rings (SSSR count). The number of likely N-dealkylation sites (N-methyl/N-ethyl adjacent to an activating group) is 1. The Kier molecular flexibility index (Phi) is 6.12. The highest BCUT2D eigenvalue weighted by Crippen LogP contribution is 2.17. The minimum Gasteiger partial charge on any atom is -0.342 e. The molecule has 0 spiro atoms. The first-order chi connectivity index (χ1) is 10.9. The van der Waals surface area contributed by atoms with E-state index in [1.807, 2.05) is 19.2 Å². The maximum Gasteiger partial charge on any atom is 0.223 e. The number of sulfone groups is 1. The molecule has 1 saturated heterocycles. The predicted octanol–water partition coefficient (Wildman–Crippen LogP) is 0.592. The SMILES string of the molecule is CN(CCC(=O)N(C)C1CCS(=O)(=O)C1)CCc1ccncc1. The molecular weight excluding hydrogens is 314 g/mol. The number of hydrogen-bond donors (Lipinski definition) is 0. The summed E-state index contributed by atoms with van der Waals surface area (Å²) in [5.41, 5.74) is 1.23. The summed E-state index contributed by atoms with van der Waals surface area (Å²) in [5, 5.41) is 0. The Morgan fingerprint density at radius 3 is 2.57 bits per heavy atom. The van der Waals surface area contributed by atoms with Crippen molar-refractivity contribution in [2.45, 2.75) is 25.3 Å². The highest BCUT2D eigenvalue weighted by atomic mass is 32.2. The topological polar surface area (TPSA) is 70.6 Å². The predicted molar refractivity (Wildman–Crippen MR) is 89.9 cm³/mol. The second kappa shape index (κ2) is 7.88. The van der Waals surface area contributed by atoms with Crippen LogP contribution in [0, 0.1) is 0 Å². The van der Waals surface area contributed by atoms with Gasteiger partial charge in [0.15, 0.2) is 9.84 Å². The smallest absolute Gasteiger partial charge is 0.223 e. The zero-order chi connectivity index (χ0) is 16.9.